The Morgan fingerprint density at radius 3 is 2.71 bits per heavy atom. The van der Waals surface area contributed by atoms with Gasteiger partial charge in [0.1, 0.15) is 6.07 Å². The molecule has 0 saturated carbocycles. The fourth-order valence-corrected chi connectivity index (χ4v) is 1.16. The number of aromatic nitrogens is 1. The van der Waals surface area contributed by atoms with E-state index in [1.54, 1.807) is 0 Å². The Morgan fingerprint density at radius 2 is 2.29 bits per heavy atom. The Morgan fingerprint density at radius 1 is 1.64 bits per heavy atom. The largest absolute Gasteiger partial charge is 0.298 e. The molecular weight excluding hydrogens is 214 g/mol. The summed E-state index contributed by atoms with van der Waals surface area (Å²) in [4.78, 5) is 13.7. The maximum atomic E-state index is 12.4. The van der Waals surface area contributed by atoms with Crippen molar-refractivity contribution >= 4 is 17.9 Å². The summed E-state index contributed by atoms with van der Waals surface area (Å²) in [5, 5.41) is 8.05. The van der Waals surface area contributed by atoms with E-state index >= 15 is 0 Å². The molecule has 72 valence electrons. The number of rotatable bonds is 2. The second-order valence-corrected chi connectivity index (χ2v) is 2.70. The Labute approximate surface area is 82.9 Å². The van der Waals surface area contributed by atoms with Gasteiger partial charge in [-0.3, -0.25) is 4.79 Å². The van der Waals surface area contributed by atoms with Gasteiger partial charge in [-0.1, -0.05) is 11.6 Å². The summed E-state index contributed by atoms with van der Waals surface area (Å²) in [5.41, 5.74) is -1.31. The molecule has 6 heteroatoms. The van der Waals surface area contributed by atoms with Gasteiger partial charge in [0.2, 0.25) is 0 Å². The molecule has 1 aromatic rings. The Hall–Kier alpha value is -1.54. The Balaban J connectivity index is 3.48. The molecule has 0 fully saturated rings. The van der Waals surface area contributed by atoms with Crippen molar-refractivity contribution < 1.29 is 13.6 Å². The molecule has 1 aromatic heterocycles. The smallest absolute Gasteiger partial charge is 0.268 e. The minimum atomic E-state index is -2.93. The third kappa shape index (κ3) is 1.70. The van der Waals surface area contributed by atoms with Crippen LogP contribution in [0.4, 0.5) is 8.78 Å². The lowest BCUT2D eigenvalue weighted by Gasteiger charge is -2.05. The van der Waals surface area contributed by atoms with Crippen molar-refractivity contribution in [1.29, 1.82) is 5.26 Å². The van der Waals surface area contributed by atoms with Crippen molar-refractivity contribution in [1.82, 2.24) is 4.98 Å². The lowest BCUT2D eigenvalue weighted by Crippen LogP contribution is -1.99. The molecule has 14 heavy (non-hydrogen) atoms. The lowest BCUT2D eigenvalue weighted by molar-refractivity contribution is 0.112. The molecule has 0 bridgehead atoms. The highest BCUT2D eigenvalue weighted by Crippen LogP contribution is 2.30. The SMILES string of the molecule is N#Cc1ncc(C=O)c(Cl)c1C(F)F. The van der Waals surface area contributed by atoms with E-state index in [0.717, 1.165) is 6.20 Å². The average Bonchev–Trinajstić information content (AvgIpc) is 2.16. The zero-order valence-electron chi connectivity index (χ0n) is 6.67. The van der Waals surface area contributed by atoms with Gasteiger partial charge in [-0.2, -0.15) is 5.26 Å². The Kier molecular flexibility index (Phi) is 3.10. The van der Waals surface area contributed by atoms with Crippen LogP contribution in [-0.4, -0.2) is 11.3 Å². The average molecular weight is 217 g/mol. The van der Waals surface area contributed by atoms with E-state index in [9.17, 15) is 13.6 Å². The molecule has 0 aliphatic heterocycles. The van der Waals surface area contributed by atoms with Crippen LogP contribution in [0.1, 0.15) is 28.0 Å². The highest BCUT2D eigenvalue weighted by atomic mass is 35.5. The molecule has 0 amide bonds. The standard InChI is InChI=1S/C8H3ClF2N2O/c9-7-4(3-14)2-13-5(1-12)6(7)8(10)11/h2-3,8H. The number of hydrogen-bond acceptors (Lipinski definition) is 3. The molecule has 0 atom stereocenters. The quantitative estimate of drug-likeness (QED) is 0.713. The van der Waals surface area contributed by atoms with Crippen molar-refractivity contribution in [2.45, 2.75) is 6.43 Å². The van der Waals surface area contributed by atoms with E-state index in [0.29, 0.717) is 6.29 Å². The molecule has 1 rings (SSSR count). The maximum Gasteiger partial charge on any atom is 0.268 e. The highest BCUT2D eigenvalue weighted by molar-refractivity contribution is 6.33. The number of alkyl halides is 2. The van der Waals surface area contributed by atoms with Gasteiger partial charge in [-0.15, -0.1) is 0 Å². The van der Waals surface area contributed by atoms with Gasteiger partial charge in [-0.05, 0) is 0 Å². The Bertz CT molecular complexity index is 415. The van der Waals surface area contributed by atoms with Crippen LogP contribution >= 0.6 is 11.6 Å². The van der Waals surface area contributed by atoms with Crippen LogP contribution in [0.25, 0.3) is 0 Å². The second kappa shape index (κ2) is 4.11. The van der Waals surface area contributed by atoms with E-state index in [1.165, 1.54) is 6.07 Å². The number of nitriles is 1. The number of aldehydes is 1. The highest BCUT2D eigenvalue weighted by Gasteiger charge is 2.20. The van der Waals surface area contributed by atoms with Gasteiger partial charge < -0.3 is 0 Å². The maximum absolute atomic E-state index is 12.4. The summed E-state index contributed by atoms with van der Waals surface area (Å²) in [7, 11) is 0. The van der Waals surface area contributed by atoms with Crippen molar-refractivity contribution in [3.63, 3.8) is 0 Å². The van der Waals surface area contributed by atoms with Crippen molar-refractivity contribution in [2.24, 2.45) is 0 Å². The fraction of sp³-hybridized carbons (Fsp3) is 0.125. The third-order valence-corrected chi connectivity index (χ3v) is 1.95. The van der Waals surface area contributed by atoms with Gasteiger partial charge >= 0.3 is 0 Å². The van der Waals surface area contributed by atoms with Crippen LogP contribution < -0.4 is 0 Å². The molecule has 0 radical (unpaired) electrons. The molecule has 3 nitrogen and oxygen atoms in total. The zero-order chi connectivity index (χ0) is 10.7. The molecule has 0 spiro atoms. The van der Waals surface area contributed by atoms with E-state index in [2.05, 4.69) is 4.98 Å². The first kappa shape index (κ1) is 10.5. The van der Waals surface area contributed by atoms with Gasteiger partial charge in [0.15, 0.2) is 12.0 Å². The summed E-state index contributed by atoms with van der Waals surface area (Å²) in [6, 6.07) is 1.48. The number of nitrogens with zero attached hydrogens (tertiary/aromatic N) is 2. The van der Waals surface area contributed by atoms with Crippen LogP contribution in [0, 0.1) is 11.3 Å². The van der Waals surface area contributed by atoms with Crippen LogP contribution in [0.3, 0.4) is 0 Å². The molecule has 0 aromatic carbocycles. The van der Waals surface area contributed by atoms with E-state index in [-0.39, 0.29) is 5.56 Å². The number of carbonyl (C=O) groups is 1. The molecule has 0 N–H and O–H groups in total. The summed E-state index contributed by atoms with van der Waals surface area (Å²) in [6.45, 7) is 0. The minimum absolute atomic E-state index is 0.152. The molecular formula is C8H3ClF2N2O. The van der Waals surface area contributed by atoms with Crippen LogP contribution in [0.5, 0.6) is 0 Å². The first-order chi connectivity index (χ1) is 6.61. The first-order valence-electron chi connectivity index (χ1n) is 3.43. The van der Waals surface area contributed by atoms with Crippen molar-refractivity contribution in [2.75, 3.05) is 0 Å². The monoisotopic (exact) mass is 216 g/mol. The van der Waals surface area contributed by atoms with Gasteiger partial charge in [0.25, 0.3) is 6.43 Å². The van der Waals surface area contributed by atoms with Gasteiger partial charge in [0.05, 0.1) is 16.1 Å². The second-order valence-electron chi connectivity index (χ2n) is 2.32. The summed E-state index contributed by atoms with van der Waals surface area (Å²) >= 11 is 5.49. The summed E-state index contributed by atoms with van der Waals surface area (Å²) < 4.78 is 24.8. The van der Waals surface area contributed by atoms with Crippen molar-refractivity contribution in [3.05, 3.63) is 28.0 Å². The predicted octanol–water partition coefficient (Wildman–Crippen LogP) is 2.36. The van der Waals surface area contributed by atoms with Crippen LogP contribution in [-0.2, 0) is 0 Å². The van der Waals surface area contributed by atoms with E-state index in [1.807, 2.05) is 0 Å². The summed E-state index contributed by atoms with van der Waals surface area (Å²) in [5.74, 6) is 0. The zero-order valence-corrected chi connectivity index (χ0v) is 7.42. The fourth-order valence-electron chi connectivity index (χ4n) is 0.890. The number of carbonyl (C=O) groups excluding carboxylic acids is 1. The summed E-state index contributed by atoms with van der Waals surface area (Å²) in [6.07, 6.45) is -1.63. The van der Waals surface area contributed by atoms with Crippen LogP contribution in [0.15, 0.2) is 6.20 Å². The lowest BCUT2D eigenvalue weighted by atomic mass is 10.1. The van der Waals surface area contributed by atoms with Crippen molar-refractivity contribution in [3.8, 4) is 6.07 Å². The van der Waals surface area contributed by atoms with Crippen LogP contribution in [0.2, 0.25) is 5.02 Å². The molecule has 0 unspecified atom stereocenters. The molecule has 0 aliphatic carbocycles. The number of pyridine rings is 1. The number of hydrogen-bond donors (Lipinski definition) is 0. The normalized spacial score (nSPS) is 9.93. The van der Waals surface area contributed by atoms with E-state index < -0.39 is 22.7 Å². The first-order valence-corrected chi connectivity index (χ1v) is 3.81. The van der Waals surface area contributed by atoms with Gasteiger partial charge in [0, 0.05) is 6.20 Å². The molecule has 1 heterocycles. The third-order valence-electron chi connectivity index (χ3n) is 1.53. The topological polar surface area (TPSA) is 53.8 Å². The molecule has 0 aliphatic rings. The van der Waals surface area contributed by atoms with Gasteiger partial charge in [-0.25, -0.2) is 13.8 Å². The number of halogens is 3. The minimum Gasteiger partial charge on any atom is -0.298 e. The molecule has 0 saturated heterocycles. The predicted molar refractivity (Wildman–Crippen MR) is 44.3 cm³/mol. The van der Waals surface area contributed by atoms with E-state index in [4.69, 9.17) is 16.9 Å².